The number of amides is 2. The first-order chi connectivity index (χ1) is 9.16. The molecule has 0 spiro atoms. The van der Waals surface area contributed by atoms with Crippen molar-refractivity contribution in [3.63, 3.8) is 0 Å². The first-order valence-electron chi connectivity index (χ1n) is 5.99. The lowest BCUT2D eigenvalue weighted by molar-refractivity contribution is -0.402. The minimum Gasteiger partial charge on any atom is -0.400 e. The van der Waals surface area contributed by atoms with Crippen molar-refractivity contribution in [1.29, 1.82) is 0 Å². The number of nitrogens with zero attached hydrogens (tertiary/aromatic N) is 3. The number of carbonyl (C=O) groups excluding carboxylic acids is 1. The van der Waals surface area contributed by atoms with Gasteiger partial charge in [-0.2, -0.15) is 5.10 Å². The number of hydrogen-bond acceptors (Lipinski definition) is 5. The maximum atomic E-state index is 11.7. The predicted octanol–water partition coefficient (Wildman–Crippen LogP) is 1.72. The van der Waals surface area contributed by atoms with Crippen LogP contribution in [0.4, 0.5) is 10.7 Å². The normalized spacial score (nSPS) is 15.7. The number of nitro groups is 1. The second-order valence-electron chi connectivity index (χ2n) is 4.16. The van der Waals surface area contributed by atoms with Crippen molar-refractivity contribution >= 4 is 18.1 Å². The standard InChI is InChI=1S/C11H14N4O4/c16-11(14-6-2-1-3-7-14)13-12-8-9-4-5-10(19-9)15(17)18/h4-5,8H,1-3,6-7H2,(H,13,16). The Hall–Kier alpha value is -2.38. The van der Waals surface area contributed by atoms with Crippen LogP contribution in [0.5, 0.6) is 0 Å². The number of piperidine rings is 1. The van der Waals surface area contributed by atoms with Crippen LogP contribution in [0.25, 0.3) is 0 Å². The molecule has 0 radical (unpaired) electrons. The van der Waals surface area contributed by atoms with Crippen LogP contribution < -0.4 is 5.43 Å². The lowest BCUT2D eigenvalue weighted by Gasteiger charge is -2.25. The van der Waals surface area contributed by atoms with Gasteiger partial charge in [0.25, 0.3) is 0 Å². The zero-order chi connectivity index (χ0) is 13.7. The summed E-state index contributed by atoms with van der Waals surface area (Å²) >= 11 is 0. The highest BCUT2D eigenvalue weighted by Gasteiger charge is 2.15. The van der Waals surface area contributed by atoms with E-state index in [1.165, 1.54) is 18.3 Å². The zero-order valence-corrected chi connectivity index (χ0v) is 10.2. The minimum absolute atomic E-state index is 0.214. The van der Waals surface area contributed by atoms with Crippen LogP contribution in [0.2, 0.25) is 0 Å². The summed E-state index contributed by atoms with van der Waals surface area (Å²) in [5.74, 6) is -0.144. The molecule has 1 aliphatic rings. The molecule has 8 nitrogen and oxygen atoms in total. The summed E-state index contributed by atoms with van der Waals surface area (Å²) in [5.41, 5.74) is 2.37. The van der Waals surface area contributed by atoms with Gasteiger partial charge in [0.2, 0.25) is 0 Å². The van der Waals surface area contributed by atoms with Crippen molar-refractivity contribution in [3.8, 4) is 0 Å². The third-order valence-corrected chi connectivity index (χ3v) is 2.79. The lowest BCUT2D eigenvalue weighted by Crippen LogP contribution is -2.40. The second kappa shape index (κ2) is 5.98. The van der Waals surface area contributed by atoms with Gasteiger partial charge in [0.1, 0.15) is 4.92 Å². The van der Waals surface area contributed by atoms with E-state index < -0.39 is 4.92 Å². The maximum Gasteiger partial charge on any atom is 0.433 e. The van der Waals surface area contributed by atoms with Crippen molar-refractivity contribution < 1.29 is 14.1 Å². The van der Waals surface area contributed by atoms with Crippen molar-refractivity contribution in [2.45, 2.75) is 19.3 Å². The predicted molar refractivity (Wildman–Crippen MR) is 66.9 cm³/mol. The molecular formula is C11H14N4O4. The average Bonchev–Trinajstić information content (AvgIpc) is 2.89. The molecule has 2 rings (SSSR count). The fourth-order valence-corrected chi connectivity index (χ4v) is 1.83. The van der Waals surface area contributed by atoms with E-state index in [1.54, 1.807) is 4.90 Å². The van der Waals surface area contributed by atoms with Crippen molar-refractivity contribution in [1.82, 2.24) is 10.3 Å². The Morgan fingerprint density at radius 1 is 1.42 bits per heavy atom. The molecule has 1 aliphatic heterocycles. The first-order valence-corrected chi connectivity index (χ1v) is 5.99. The molecule has 1 N–H and O–H groups in total. The van der Waals surface area contributed by atoms with Gasteiger partial charge >= 0.3 is 11.9 Å². The van der Waals surface area contributed by atoms with Gasteiger partial charge in [-0.25, -0.2) is 10.2 Å². The summed E-state index contributed by atoms with van der Waals surface area (Å²) in [7, 11) is 0. The van der Waals surface area contributed by atoms with Crippen molar-refractivity contribution in [3.05, 3.63) is 28.0 Å². The molecule has 0 aromatic carbocycles. The summed E-state index contributed by atoms with van der Waals surface area (Å²) in [4.78, 5) is 23.1. The van der Waals surface area contributed by atoms with Crippen LogP contribution in [-0.4, -0.2) is 35.2 Å². The molecule has 2 amide bonds. The van der Waals surface area contributed by atoms with Gasteiger partial charge in [-0.05, 0) is 25.3 Å². The molecule has 0 atom stereocenters. The van der Waals surface area contributed by atoms with E-state index in [-0.39, 0.29) is 17.7 Å². The molecule has 0 bridgehead atoms. The Kier molecular flexibility index (Phi) is 4.11. The highest BCUT2D eigenvalue weighted by Crippen LogP contribution is 2.13. The lowest BCUT2D eigenvalue weighted by atomic mass is 10.1. The van der Waals surface area contributed by atoms with Gasteiger partial charge in [-0.3, -0.25) is 10.1 Å². The van der Waals surface area contributed by atoms with Gasteiger partial charge in [0, 0.05) is 13.1 Å². The van der Waals surface area contributed by atoms with E-state index in [0.717, 1.165) is 32.4 Å². The summed E-state index contributed by atoms with van der Waals surface area (Å²) in [6.07, 6.45) is 4.38. The zero-order valence-electron chi connectivity index (χ0n) is 10.2. The largest absolute Gasteiger partial charge is 0.433 e. The fraction of sp³-hybridized carbons (Fsp3) is 0.455. The second-order valence-corrected chi connectivity index (χ2v) is 4.16. The highest BCUT2D eigenvalue weighted by molar-refractivity contribution is 5.79. The van der Waals surface area contributed by atoms with Gasteiger partial charge in [0.15, 0.2) is 5.76 Å². The quantitative estimate of drug-likeness (QED) is 0.511. The van der Waals surface area contributed by atoms with Crippen molar-refractivity contribution in [2.75, 3.05) is 13.1 Å². The number of hydrogen-bond donors (Lipinski definition) is 1. The monoisotopic (exact) mass is 266 g/mol. The van der Waals surface area contributed by atoms with E-state index in [9.17, 15) is 14.9 Å². The number of furan rings is 1. The molecule has 0 unspecified atom stereocenters. The van der Waals surface area contributed by atoms with E-state index in [0.29, 0.717) is 0 Å². The van der Waals surface area contributed by atoms with Crippen LogP contribution >= 0.6 is 0 Å². The van der Waals surface area contributed by atoms with Crippen LogP contribution in [0.15, 0.2) is 21.7 Å². The number of nitrogens with one attached hydrogen (secondary N) is 1. The summed E-state index contributed by atoms with van der Waals surface area (Å²) in [5, 5.41) is 14.1. The Balaban J connectivity index is 1.84. The van der Waals surface area contributed by atoms with Crippen LogP contribution in [0.3, 0.4) is 0 Å². The molecular weight excluding hydrogens is 252 g/mol. The average molecular weight is 266 g/mol. The van der Waals surface area contributed by atoms with E-state index >= 15 is 0 Å². The minimum atomic E-state index is -0.635. The third kappa shape index (κ3) is 3.54. The fourth-order valence-electron chi connectivity index (χ4n) is 1.83. The molecule has 102 valence electrons. The number of carbonyl (C=O) groups is 1. The Bertz CT molecular complexity index is 491. The van der Waals surface area contributed by atoms with Gasteiger partial charge in [-0.1, -0.05) is 0 Å². The Morgan fingerprint density at radius 3 is 2.79 bits per heavy atom. The number of rotatable bonds is 3. The topological polar surface area (TPSA) is 101 Å². The van der Waals surface area contributed by atoms with Gasteiger partial charge < -0.3 is 9.32 Å². The summed E-state index contributed by atoms with van der Waals surface area (Å²) < 4.78 is 4.86. The summed E-state index contributed by atoms with van der Waals surface area (Å²) in [6.45, 7) is 1.46. The number of hydrazone groups is 1. The number of urea groups is 1. The first kappa shape index (κ1) is 13.1. The molecule has 1 aromatic heterocycles. The smallest absolute Gasteiger partial charge is 0.400 e. The molecule has 1 fully saturated rings. The third-order valence-electron chi connectivity index (χ3n) is 2.79. The van der Waals surface area contributed by atoms with Crippen molar-refractivity contribution in [2.24, 2.45) is 5.10 Å². The molecule has 1 aromatic rings. The number of likely N-dealkylation sites (tertiary alicyclic amines) is 1. The van der Waals surface area contributed by atoms with Crippen LogP contribution in [-0.2, 0) is 0 Å². The van der Waals surface area contributed by atoms with E-state index in [2.05, 4.69) is 10.5 Å². The van der Waals surface area contributed by atoms with Crippen LogP contribution in [0.1, 0.15) is 25.0 Å². The highest BCUT2D eigenvalue weighted by atomic mass is 16.6. The summed E-state index contributed by atoms with van der Waals surface area (Å²) in [6, 6.07) is 2.37. The maximum absolute atomic E-state index is 11.7. The molecule has 8 heteroatoms. The Labute approximate surface area is 109 Å². The molecule has 2 heterocycles. The molecule has 1 saturated heterocycles. The Morgan fingerprint density at radius 2 is 2.16 bits per heavy atom. The van der Waals surface area contributed by atoms with Crippen LogP contribution in [0, 0.1) is 10.1 Å². The van der Waals surface area contributed by atoms with E-state index in [1.807, 2.05) is 0 Å². The van der Waals surface area contributed by atoms with Gasteiger partial charge in [0.05, 0.1) is 12.3 Å². The molecule has 0 aliphatic carbocycles. The van der Waals surface area contributed by atoms with E-state index in [4.69, 9.17) is 4.42 Å². The molecule has 0 saturated carbocycles. The van der Waals surface area contributed by atoms with Gasteiger partial charge in [-0.15, -0.1) is 0 Å². The molecule has 19 heavy (non-hydrogen) atoms. The SMILES string of the molecule is O=C(NN=Cc1ccc([N+](=O)[O-])o1)N1CCCCC1.